The molecule has 0 saturated heterocycles. The van der Waals surface area contributed by atoms with Crippen molar-refractivity contribution in [2.75, 3.05) is 11.9 Å². The summed E-state index contributed by atoms with van der Waals surface area (Å²) in [5.74, 6) is 0. The first-order valence-electron chi connectivity index (χ1n) is 5.95. The van der Waals surface area contributed by atoms with Gasteiger partial charge in [0.1, 0.15) is 0 Å². The fourth-order valence-electron chi connectivity index (χ4n) is 1.90. The van der Waals surface area contributed by atoms with E-state index < -0.39 is 5.54 Å². The fourth-order valence-corrected chi connectivity index (χ4v) is 2.40. The zero-order valence-corrected chi connectivity index (χ0v) is 12.9. The summed E-state index contributed by atoms with van der Waals surface area (Å²) in [6.45, 7) is 1.96. The molecular formula is C15H15BrClNO. The number of halogens is 2. The summed E-state index contributed by atoms with van der Waals surface area (Å²) in [4.78, 5) is 0. The molecule has 0 radical (unpaired) electrons. The SMILES string of the molecule is CC(CO)(Nc1ccc(Cl)c(Br)c1)c1ccccc1. The Morgan fingerprint density at radius 3 is 2.47 bits per heavy atom. The van der Waals surface area contributed by atoms with E-state index in [4.69, 9.17) is 11.6 Å². The third kappa shape index (κ3) is 3.30. The number of hydrogen-bond acceptors (Lipinski definition) is 2. The van der Waals surface area contributed by atoms with Crippen molar-refractivity contribution in [3.8, 4) is 0 Å². The summed E-state index contributed by atoms with van der Waals surface area (Å²) in [6, 6.07) is 15.5. The Bertz CT molecular complexity index is 561. The Balaban J connectivity index is 2.30. The molecule has 0 fully saturated rings. The van der Waals surface area contributed by atoms with Crippen LogP contribution in [0, 0.1) is 0 Å². The standard InChI is InChI=1S/C15H15BrClNO/c1-15(10-19,11-5-3-2-4-6-11)18-12-7-8-14(17)13(16)9-12/h2-9,18-19H,10H2,1H3. The van der Waals surface area contributed by atoms with Crippen molar-refractivity contribution in [2.45, 2.75) is 12.5 Å². The van der Waals surface area contributed by atoms with Gasteiger partial charge in [0.2, 0.25) is 0 Å². The number of nitrogens with one attached hydrogen (secondary N) is 1. The summed E-state index contributed by atoms with van der Waals surface area (Å²) in [6.07, 6.45) is 0. The van der Waals surface area contributed by atoms with Crippen LogP contribution in [0.4, 0.5) is 5.69 Å². The number of hydrogen-bond donors (Lipinski definition) is 2. The molecule has 2 aromatic carbocycles. The van der Waals surface area contributed by atoms with Gasteiger partial charge >= 0.3 is 0 Å². The molecule has 0 heterocycles. The molecular weight excluding hydrogens is 326 g/mol. The molecule has 0 saturated carbocycles. The molecule has 1 atom stereocenters. The number of aliphatic hydroxyl groups is 1. The molecule has 1 unspecified atom stereocenters. The molecule has 100 valence electrons. The highest BCUT2D eigenvalue weighted by Gasteiger charge is 2.25. The predicted octanol–water partition coefficient (Wildman–Crippen LogP) is 4.42. The molecule has 0 aliphatic carbocycles. The maximum absolute atomic E-state index is 9.72. The minimum atomic E-state index is -0.533. The predicted molar refractivity (Wildman–Crippen MR) is 83.7 cm³/mol. The Hall–Kier alpha value is -1.03. The summed E-state index contributed by atoms with van der Waals surface area (Å²) < 4.78 is 0.826. The molecule has 0 aliphatic heterocycles. The van der Waals surface area contributed by atoms with Crippen molar-refractivity contribution >= 4 is 33.2 Å². The van der Waals surface area contributed by atoms with Crippen molar-refractivity contribution in [3.63, 3.8) is 0 Å². The van der Waals surface area contributed by atoms with Crippen LogP contribution in [0.2, 0.25) is 5.02 Å². The lowest BCUT2D eigenvalue weighted by Gasteiger charge is -2.30. The highest BCUT2D eigenvalue weighted by Crippen LogP contribution is 2.30. The second-order valence-electron chi connectivity index (χ2n) is 4.61. The minimum absolute atomic E-state index is 0.00272. The minimum Gasteiger partial charge on any atom is -0.394 e. The van der Waals surface area contributed by atoms with Gasteiger partial charge in [-0.25, -0.2) is 0 Å². The Morgan fingerprint density at radius 2 is 1.89 bits per heavy atom. The van der Waals surface area contributed by atoms with E-state index in [0.29, 0.717) is 5.02 Å². The number of rotatable bonds is 4. The maximum Gasteiger partial charge on any atom is 0.0828 e. The second kappa shape index (κ2) is 5.95. The number of anilines is 1. The van der Waals surface area contributed by atoms with Crippen LogP contribution in [-0.2, 0) is 5.54 Å². The zero-order chi connectivity index (χ0) is 13.9. The lowest BCUT2D eigenvalue weighted by Crippen LogP contribution is -2.35. The quantitative estimate of drug-likeness (QED) is 0.863. The summed E-state index contributed by atoms with van der Waals surface area (Å²) >= 11 is 9.38. The van der Waals surface area contributed by atoms with Crippen molar-refractivity contribution in [1.82, 2.24) is 0 Å². The Morgan fingerprint density at radius 1 is 1.21 bits per heavy atom. The normalized spacial score (nSPS) is 13.9. The van der Waals surface area contributed by atoms with Crippen LogP contribution < -0.4 is 5.32 Å². The van der Waals surface area contributed by atoms with Crippen LogP contribution in [0.1, 0.15) is 12.5 Å². The van der Waals surface area contributed by atoms with Gasteiger partial charge in [0, 0.05) is 10.2 Å². The van der Waals surface area contributed by atoms with Crippen LogP contribution in [0.15, 0.2) is 53.0 Å². The molecule has 0 amide bonds. The lowest BCUT2D eigenvalue weighted by molar-refractivity contribution is 0.224. The van der Waals surface area contributed by atoms with E-state index in [9.17, 15) is 5.11 Å². The van der Waals surface area contributed by atoms with Crippen LogP contribution in [0.25, 0.3) is 0 Å². The molecule has 0 bridgehead atoms. The van der Waals surface area contributed by atoms with E-state index in [1.807, 2.05) is 55.5 Å². The summed E-state index contributed by atoms with van der Waals surface area (Å²) in [7, 11) is 0. The molecule has 0 spiro atoms. The average molecular weight is 341 g/mol. The van der Waals surface area contributed by atoms with Crippen molar-refractivity contribution in [2.24, 2.45) is 0 Å². The average Bonchev–Trinajstić information content (AvgIpc) is 2.44. The van der Waals surface area contributed by atoms with Crippen LogP contribution >= 0.6 is 27.5 Å². The van der Waals surface area contributed by atoms with Crippen LogP contribution in [0.5, 0.6) is 0 Å². The zero-order valence-electron chi connectivity index (χ0n) is 10.5. The van der Waals surface area contributed by atoms with Crippen molar-refractivity contribution in [1.29, 1.82) is 0 Å². The van der Waals surface area contributed by atoms with Gasteiger partial charge in [0.15, 0.2) is 0 Å². The third-order valence-corrected chi connectivity index (χ3v) is 4.28. The first-order valence-corrected chi connectivity index (χ1v) is 7.12. The monoisotopic (exact) mass is 339 g/mol. The van der Waals surface area contributed by atoms with E-state index in [2.05, 4.69) is 21.2 Å². The van der Waals surface area contributed by atoms with Gasteiger partial charge in [-0.15, -0.1) is 0 Å². The van der Waals surface area contributed by atoms with Gasteiger partial charge < -0.3 is 10.4 Å². The van der Waals surface area contributed by atoms with Gasteiger partial charge in [-0.1, -0.05) is 41.9 Å². The first-order chi connectivity index (χ1) is 9.05. The Labute approximate surface area is 126 Å². The van der Waals surface area contributed by atoms with E-state index in [0.717, 1.165) is 15.7 Å². The van der Waals surface area contributed by atoms with Gasteiger partial charge in [0.25, 0.3) is 0 Å². The van der Waals surface area contributed by atoms with E-state index in [1.54, 1.807) is 0 Å². The summed E-state index contributed by atoms with van der Waals surface area (Å²) in [5.41, 5.74) is 1.40. The molecule has 2 N–H and O–H groups in total. The molecule has 19 heavy (non-hydrogen) atoms. The summed E-state index contributed by atoms with van der Waals surface area (Å²) in [5, 5.41) is 13.7. The van der Waals surface area contributed by atoms with Crippen LogP contribution in [-0.4, -0.2) is 11.7 Å². The molecule has 4 heteroatoms. The van der Waals surface area contributed by atoms with E-state index >= 15 is 0 Å². The Kier molecular flexibility index (Phi) is 4.50. The number of aliphatic hydroxyl groups excluding tert-OH is 1. The fraction of sp³-hybridized carbons (Fsp3) is 0.200. The van der Waals surface area contributed by atoms with E-state index in [1.165, 1.54) is 0 Å². The molecule has 0 aliphatic rings. The second-order valence-corrected chi connectivity index (χ2v) is 5.87. The van der Waals surface area contributed by atoms with Gasteiger partial charge in [-0.3, -0.25) is 0 Å². The molecule has 2 aromatic rings. The topological polar surface area (TPSA) is 32.3 Å². The van der Waals surface area contributed by atoms with Gasteiger partial charge in [-0.05, 0) is 46.6 Å². The lowest BCUT2D eigenvalue weighted by atomic mass is 9.92. The number of benzene rings is 2. The van der Waals surface area contributed by atoms with Crippen molar-refractivity contribution < 1.29 is 5.11 Å². The van der Waals surface area contributed by atoms with Gasteiger partial charge in [-0.2, -0.15) is 0 Å². The molecule has 0 aromatic heterocycles. The third-order valence-electron chi connectivity index (χ3n) is 3.07. The molecule has 2 rings (SSSR count). The van der Waals surface area contributed by atoms with Crippen LogP contribution in [0.3, 0.4) is 0 Å². The van der Waals surface area contributed by atoms with Crippen molar-refractivity contribution in [3.05, 3.63) is 63.6 Å². The highest BCUT2D eigenvalue weighted by molar-refractivity contribution is 9.10. The molecule has 2 nitrogen and oxygen atoms in total. The first kappa shape index (κ1) is 14.4. The smallest absolute Gasteiger partial charge is 0.0828 e. The largest absolute Gasteiger partial charge is 0.394 e. The van der Waals surface area contributed by atoms with Gasteiger partial charge in [0.05, 0.1) is 17.2 Å². The highest BCUT2D eigenvalue weighted by atomic mass is 79.9. The van der Waals surface area contributed by atoms with E-state index in [-0.39, 0.29) is 6.61 Å². The maximum atomic E-state index is 9.72.